The second kappa shape index (κ2) is 11.0. The maximum Gasteiger partial charge on any atom is 0.407 e. The van der Waals surface area contributed by atoms with Crippen molar-refractivity contribution in [2.24, 2.45) is 0 Å². The van der Waals surface area contributed by atoms with Crippen LogP contribution in [0, 0.1) is 11.8 Å². The van der Waals surface area contributed by atoms with Gasteiger partial charge in [0.2, 0.25) is 5.95 Å². The quantitative estimate of drug-likeness (QED) is 0.494. The molecule has 0 unspecified atom stereocenters. The molecule has 0 atom stereocenters. The SMILES string of the molecule is CC(C)(C)NC(=O)OCCc1cccc(Nc2ncnc(-c3ccnc(C#CCO)c3)n2)c1. The second-order valence-corrected chi connectivity index (χ2v) is 8.11. The monoisotopic (exact) mass is 446 g/mol. The average Bonchev–Trinajstić information content (AvgIpc) is 2.77. The molecule has 0 aliphatic heterocycles. The van der Waals surface area contributed by atoms with Gasteiger partial charge < -0.3 is 20.5 Å². The van der Waals surface area contributed by atoms with E-state index in [1.807, 2.05) is 45.0 Å². The van der Waals surface area contributed by atoms with Crippen LogP contribution < -0.4 is 10.6 Å². The number of carbonyl (C=O) groups excluding carboxylic acids is 1. The molecule has 0 bridgehead atoms. The Morgan fingerprint density at radius 1 is 1.15 bits per heavy atom. The Bertz CT molecular complexity index is 1160. The summed E-state index contributed by atoms with van der Waals surface area (Å²) >= 11 is 0. The third-order valence-corrected chi connectivity index (χ3v) is 4.17. The predicted octanol–water partition coefficient (Wildman–Crippen LogP) is 3.09. The molecule has 170 valence electrons. The van der Waals surface area contributed by atoms with Gasteiger partial charge in [0.15, 0.2) is 5.82 Å². The molecule has 3 N–H and O–H groups in total. The standard InChI is InChI=1S/C24H26N6O3/c1-24(2,3)30-23(32)33-13-10-17-6-4-7-20(14-17)28-22-27-16-26-21(29-22)18-9-11-25-19(15-18)8-5-12-31/h4,6-7,9,11,14-16,31H,10,12-13H2,1-3H3,(H,30,32)(H,26,27,28,29). The Labute approximate surface area is 192 Å². The molecule has 1 aromatic carbocycles. The minimum Gasteiger partial charge on any atom is -0.449 e. The molecular weight excluding hydrogens is 420 g/mol. The topological polar surface area (TPSA) is 122 Å². The van der Waals surface area contributed by atoms with Gasteiger partial charge in [0.1, 0.15) is 18.6 Å². The van der Waals surface area contributed by atoms with Gasteiger partial charge in [-0.15, -0.1) is 0 Å². The molecule has 0 saturated heterocycles. The number of alkyl carbamates (subject to hydrolysis) is 1. The molecule has 9 heteroatoms. The Kier molecular flexibility index (Phi) is 7.89. The molecule has 3 aromatic rings. The van der Waals surface area contributed by atoms with Crippen LogP contribution >= 0.6 is 0 Å². The van der Waals surface area contributed by atoms with E-state index in [9.17, 15) is 4.79 Å². The van der Waals surface area contributed by atoms with Crippen molar-refractivity contribution in [2.75, 3.05) is 18.5 Å². The number of aliphatic hydroxyl groups excluding tert-OH is 1. The van der Waals surface area contributed by atoms with Gasteiger partial charge in [0.05, 0.1) is 6.61 Å². The fourth-order valence-corrected chi connectivity index (χ4v) is 2.80. The number of amides is 1. The number of hydrogen-bond donors (Lipinski definition) is 3. The highest BCUT2D eigenvalue weighted by Gasteiger charge is 2.14. The van der Waals surface area contributed by atoms with Gasteiger partial charge >= 0.3 is 6.09 Å². The maximum atomic E-state index is 11.8. The number of nitrogens with zero attached hydrogens (tertiary/aromatic N) is 4. The van der Waals surface area contributed by atoms with Gasteiger partial charge in [-0.2, -0.15) is 4.98 Å². The fourth-order valence-electron chi connectivity index (χ4n) is 2.80. The van der Waals surface area contributed by atoms with Gasteiger partial charge in [-0.1, -0.05) is 18.1 Å². The molecule has 9 nitrogen and oxygen atoms in total. The number of rotatable bonds is 6. The maximum absolute atomic E-state index is 11.8. The Morgan fingerprint density at radius 2 is 2.00 bits per heavy atom. The fraction of sp³-hybridized carbons (Fsp3) is 0.292. The Hall–Kier alpha value is -4.03. The lowest BCUT2D eigenvalue weighted by Crippen LogP contribution is -2.41. The second-order valence-electron chi connectivity index (χ2n) is 8.11. The lowest BCUT2D eigenvalue weighted by atomic mass is 10.1. The van der Waals surface area contributed by atoms with E-state index < -0.39 is 6.09 Å². The molecule has 0 radical (unpaired) electrons. The van der Waals surface area contributed by atoms with Crippen molar-refractivity contribution in [1.82, 2.24) is 25.3 Å². The van der Waals surface area contributed by atoms with E-state index >= 15 is 0 Å². The number of ether oxygens (including phenoxy) is 1. The number of pyridine rings is 1. The van der Waals surface area contributed by atoms with Crippen LogP contribution in [0.5, 0.6) is 0 Å². The third kappa shape index (κ3) is 7.87. The van der Waals surface area contributed by atoms with Crippen molar-refractivity contribution in [1.29, 1.82) is 0 Å². The van der Waals surface area contributed by atoms with Crippen LogP contribution in [0.2, 0.25) is 0 Å². The number of aliphatic hydroxyl groups is 1. The van der Waals surface area contributed by atoms with Gasteiger partial charge in [-0.3, -0.25) is 0 Å². The minimum atomic E-state index is -0.434. The normalized spacial score (nSPS) is 10.7. The summed E-state index contributed by atoms with van der Waals surface area (Å²) in [6, 6.07) is 11.2. The molecule has 0 fully saturated rings. The number of carbonyl (C=O) groups is 1. The zero-order valence-corrected chi connectivity index (χ0v) is 18.8. The minimum absolute atomic E-state index is 0.235. The first-order valence-corrected chi connectivity index (χ1v) is 10.4. The van der Waals surface area contributed by atoms with E-state index in [0.717, 1.165) is 16.8 Å². The molecular formula is C24H26N6O3. The van der Waals surface area contributed by atoms with Crippen LogP contribution in [0.15, 0.2) is 48.9 Å². The summed E-state index contributed by atoms with van der Waals surface area (Å²) in [5.74, 6) is 6.19. The summed E-state index contributed by atoms with van der Waals surface area (Å²) in [6.07, 6.45) is 3.18. The van der Waals surface area contributed by atoms with Crippen molar-refractivity contribution >= 4 is 17.7 Å². The van der Waals surface area contributed by atoms with Gasteiger partial charge in [-0.25, -0.2) is 19.7 Å². The molecule has 3 rings (SSSR count). The number of aromatic nitrogens is 4. The third-order valence-electron chi connectivity index (χ3n) is 4.17. The smallest absolute Gasteiger partial charge is 0.407 e. The highest BCUT2D eigenvalue weighted by atomic mass is 16.5. The first-order chi connectivity index (χ1) is 15.8. The highest BCUT2D eigenvalue weighted by molar-refractivity contribution is 5.68. The molecule has 0 aliphatic rings. The van der Waals surface area contributed by atoms with Crippen molar-refractivity contribution in [3.8, 4) is 23.2 Å². The summed E-state index contributed by atoms with van der Waals surface area (Å²) in [6.45, 7) is 5.73. The zero-order valence-electron chi connectivity index (χ0n) is 18.8. The van der Waals surface area contributed by atoms with Crippen molar-refractivity contribution in [2.45, 2.75) is 32.7 Å². The number of nitrogens with one attached hydrogen (secondary N) is 2. The molecule has 2 heterocycles. The van der Waals surface area contributed by atoms with E-state index in [0.29, 0.717) is 23.9 Å². The van der Waals surface area contributed by atoms with Crippen LogP contribution in [0.4, 0.5) is 16.4 Å². The lowest BCUT2D eigenvalue weighted by Gasteiger charge is -2.19. The van der Waals surface area contributed by atoms with E-state index in [1.165, 1.54) is 6.33 Å². The first-order valence-electron chi connectivity index (χ1n) is 10.4. The van der Waals surface area contributed by atoms with Crippen LogP contribution in [0.1, 0.15) is 32.0 Å². The summed E-state index contributed by atoms with van der Waals surface area (Å²) in [5, 5.41) is 14.8. The number of anilines is 2. The summed E-state index contributed by atoms with van der Waals surface area (Å²) in [5.41, 5.74) is 2.71. The van der Waals surface area contributed by atoms with Gasteiger partial charge in [0.25, 0.3) is 0 Å². The van der Waals surface area contributed by atoms with Crippen LogP contribution in [0.25, 0.3) is 11.4 Å². The number of benzene rings is 1. The van der Waals surface area contributed by atoms with E-state index in [-0.39, 0.29) is 18.8 Å². The molecule has 0 spiro atoms. The van der Waals surface area contributed by atoms with Crippen molar-refractivity contribution in [3.63, 3.8) is 0 Å². The van der Waals surface area contributed by atoms with E-state index in [4.69, 9.17) is 9.84 Å². The molecule has 0 aliphatic carbocycles. The van der Waals surface area contributed by atoms with Gasteiger partial charge in [-0.05, 0) is 56.5 Å². The predicted molar refractivity (Wildman–Crippen MR) is 125 cm³/mol. The van der Waals surface area contributed by atoms with E-state index in [1.54, 1.807) is 18.3 Å². The van der Waals surface area contributed by atoms with E-state index in [2.05, 4.69) is 42.4 Å². The largest absolute Gasteiger partial charge is 0.449 e. The summed E-state index contributed by atoms with van der Waals surface area (Å²) < 4.78 is 5.25. The Balaban J connectivity index is 1.64. The van der Waals surface area contributed by atoms with Gasteiger partial charge in [0, 0.05) is 29.4 Å². The zero-order chi connectivity index (χ0) is 23.7. The van der Waals surface area contributed by atoms with Crippen LogP contribution in [-0.4, -0.2) is 49.9 Å². The Morgan fingerprint density at radius 3 is 2.79 bits per heavy atom. The summed E-state index contributed by atoms with van der Waals surface area (Å²) in [4.78, 5) is 28.8. The molecule has 33 heavy (non-hydrogen) atoms. The lowest BCUT2D eigenvalue weighted by molar-refractivity contribution is 0.139. The van der Waals surface area contributed by atoms with Crippen molar-refractivity contribution in [3.05, 3.63) is 60.2 Å². The van der Waals surface area contributed by atoms with Crippen LogP contribution in [-0.2, 0) is 11.2 Å². The summed E-state index contributed by atoms with van der Waals surface area (Å²) in [7, 11) is 0. The first kappa shape index (κ1) is 23.6. The van der Waals surface area contributed by atoms with Crippen molar-refractivity contribution < 1.29 is 14.6 Å². The van der Waals surface area contributed by atoms with Crippen LogP contribution in [0.3, 0.4) is 0 Å². The number of hydrogen-bond acceptors (Lipinski definition) is 8. The molecule has 2 aromatic heterocycles. The molecule has 0 saturated carbocycles. The highest BCUT2D eigenvalue weighted by Crippen LogP contribution is 2.19. The average molecular weight is 447 g/mol. The molecule has 1 amide bonds.